The van der Waals surface area contributed by atoms with E-state index in [1.165, 1.54) is 0 Å². The van der Waals surface area contributed by atoms with E-state index in [0.717, 1.165) is 22.7 Å². The zero-order valence-corrected chi connectivity index (χ0v) is 14.2. The normalized spacial score (nSPS) is 10.2. The molecule has 0 aliphatic carbocycles. The molecule has 7 nitrogen and oxygen atoms in total. The monoisotopic (exact) mass is 338 g/mol. The van der Waals surface area contributed by atoms with Gasteiger partial charge in [-0.1, -0.05) is 0 Å². The number of methoxy groups -OCH3 is 3. The van der Waals surface area contributed by atoms with Crippen molar-refractivity contribution in [2.24, 2.45) is 0 Å². The lowest BCUT2D eigenvalue weighted by molar-refractivity contribution is 0.398. The molecule has 2 heterocycles. The minimum absolute atomic E-state index is 0.453. The third-order valence-electron chi connectivity index (χ3n) is 3.54. The highest BCUT2D eigenvalue weighted by Crippen LogP contribution is 2.32. The third-order valence-corrected chi connectivity index (χ3v) is 3.54. The number of rotatable bonds is 6. The van der Waals surface area contributed by atoms with E-state index in [1.54, 1.807) is 39.8 Å². The maximum absolute atomic E-state index is 5.42. The van der Waals surface area contributed by atoms with Gasteiger partial charge in [0.2, 0.25) is 11.8 Å². The van der Waals surface area contributed by atoms with Crippen LogP contribution in [0.25, 0.3) is 11.3 Å². The molecule has 1 aromatic carbocycles. The van der Waals surface area contributed by atoms with Crippen molar-refractivity contribution in [3.05, 3.63) is 48.8 Å². The van der Waals surface area contributed by atoms with Crippen LogP contribution in [0.1, 0.15) is 0 Å². The van der Waals surface area contributed by atoms with E-state index in [4.69, 9.17) is 14.2 Å². The van der Waals surface area contributed by atoms with Crippen LogP contribution in [-0.4, -0.2) is 36.3 Å². The lowest BCUT2D eigenvalue weighted by Crippen LogP contribution is -1.99. The van der Waals surface area contributed by atoms with Crippen molar-refractivity contribution in [2.45, 2.75) is 0 Å². The topological polar surface area (TPSA) is 78.4 Å². The van der Waals surface area contributed by atoms with Gasteiger partial charge in [0.1, 0.15) is 11.5 Å². The summed E-state index contributed by atoms with van der Waals surface area (Å²) in [5.74, 6) is 2.43. The molecule has 0 saturated heterocycles. The van der Waals surface area contributed by atoms with Crippen molar-refractivity contribution < 1.29 is 14.2 Å². The molecular formula is C18H18N4O3. The smallest absolute Gasteiger partial charge is 0.227 e. The van der Waals surface area contributed by atoms with Crippen LogP contribution in [0.2, 0.25) is 0 Å². The summed E-state index contributed by atoms with van der Waals surface area (Å²) in [6, 6.07) is 11.0. The molecule has 3 rings (SSSR count). The van der Waals surface area contributed by atoms with Gasteiger partial charge in [-0.3, -0.25) is 0 Å². The Morgan fingerprint density at radius 1 is 0.880 bits per heavy atom. The number of hydrogen-bond acceptors (Lipinski definition) is 7. The van der Waals surface area contributed by atoms with Gasteiger partial charge in [0.15, 0.2) is 0 Å². The fraction of sp³-hybridized carbons (Fsp3) is 0.167. The van der Waals surface area contributed by atoms with E-state index >= 15 is 0 Å². The van der Waals surface area contributed by atoms with Gasteiger partial charge in [-0.05, 0) is 30.3 Å². The molecule has 0 amide bonds. The highest BCUT2D eigenvalue weighted by molar-refractivity contribution is 5.70. The molecule has 0 aliphatic rings. The number of benzene rings is 1. The van der Waals surface area contributed by atoms with Crippen LogP contribution in [0.4, 0.5) is 11.6 Å². The summed E-state index contributed by atoms with van der Waals surface area (Å²) < 4.78 is 15.8. The Morgan fingerprint density at radius 3 is 2.44 bits per heavy atom. The van der Waals surface area contributed by atoms with Crippen molar-refractivity contribution >= 4 is 11.6 Å². The van der Waals surface area contributed by atoms with Crippen LogP contribution in [0.3, 0.4) is 0 Å². The van der Waals surface area contributed by atoms with E-state index in [9.17, 15) is 0 Å². The SMILES string of the molecule is COc1ccc(OC)c(-c2ccnc(Nc3ccc(OC)nc3)n2)c1. The Balaban J connectivity index is 1.91. The quantitative estimate of drug-likeness (QED) is 0.738. The minimum atomic E-state index is 0.453. The molecule has 128 valence electrons. The maximum atomic E-state index is 5.42. The van der Waals surface area contributed by atoms with Crippen LogP contribution in [0, 0.1) is 0 Å². The predicted molar refractivity (Wildman–Crippen MR) is 94.6 cm³/mol. The van der Waals surface area contributed by atoms with Gasteiger partial charge in [-0.2, -0.15) is 0 Å². The second-order valence-corrected chi connectivity index (χ2v) is 5.05. The molecule has 3 aromatic rings. The van der Waals surface area contributed by atoms with Crippen LogP contribution in [-0.2, 0) is 0 Å². The first kappa shape index (κ1) is 16.5. The fourth-order valence-corrected chi connectivity index (χ4v) is 2.29. The number of nitrogens with zero attached hydrogens (tertiary/aromatic N) is 3. The molecule has 1 N–H and O–H groups in total. The van der Waals surface area contributed by atoms with E-state index < -0.39 is 0 Å². The van der Waals surface area contributed by atoms with Crippen molar-refractivity contribution in [2.75, 3.05) is 26.6 Å². The maximum Gasteiger partial charge on any atom is 0.227 e. The molecule has 0 saturated carbocycles. The minimum Gasteiger partial charge on any atom is -0.497 e. The average molecular weight is 338 g/mol. The van der Waals surface area contributed by atoms with Crippen LogP contribution in [0.15, 0.2) is 48.8 Å². The van der Waals surface area contributed by atoms with Gasteiger partial charge in [0.25, 0.3) is 0 Å². The van der Waals surface area contributed by atoms with Crippen molar-refractivity contribution in [1.82, 2.24) is 15.0 Å². The Morgan fingerprint density at radius 2 is 1.76 bits per heavy atom. The molecular weight excluding hydrogens is 320 g/mol. The Hall–Kier alpha value is -3.35. The largest absolute Gasteiger partial charge is 0.497 e. The summed E-state index contributed by atoms with van der Waals surface area (Å²) in [6.45, 7) is 0. The highest BCUT2D eigenvalue weighted by Gasteiger charge is 2.10. The van der Waals surface area contributed by atoms with Gasteiger partial charge in [0, 0.05) is 17.8 Å². The molecule has 0 fully saturated rings. The van der Waals surface area contributed by atoms with E-state index in [2.05, 4.69) is 20.3 Å². The molecule has 0 spiro atoms. The molecule has 0 atom stereocenters. The summed E-state index contributed by atoms with van der Waals surface area (Å²) in [7, 11) is 4.81. The van der Waals surface area contributed by atoms with Gasteiger partial charge in [-0.15, -0.1) is 0 Å². The summed E-state index contributed by atoms with van der Waals surface area (Å²) in [5.41, 5.74) is 2.30. The molecule has 0 radical (unpaired) electrons. The molecule has 0 unspecified atom stereocenters. The van der Waals surface area contributed by atoms with Crippen molar-refractivity contribution in [3.63, 3.8) is 0 Å². The van der Waals surface area contributed by atoms with E-state index in [-0.39, 0.29) is 0 Å². The molecule has 25 heavy (non-hydrogen) atoms. The first-order valence-electron chi connectivity index (χ1n) is 7.56. The van der Waals surface area contributed by atoms with Crippen LogP contribution >= 0.6 is 0 Å². The predicted octanol–water partition coefficient (Wildman–Crippen LogP) is 3.31. The Kier molecular flexibility index (Phi) is 4.94. The fourth-order valence-electron chi connectivity index (χ4n) is 2.29. The first-order valence-corrected chi connectivity index (χ1v) is 7.56. The zero-order valence-electron chi connectivity index (χ0n) is 14.2. The number of nitrogens with one attached hydrogen (secondary N) is 1. The van der Waals surface area contributed by atoms with Crippen LogP contribution < -0.4 is 19.5 Å². The number of hydrogen-bond donors (Lipinski definition) is 1. The number of aromatic nitrogens is 3. The summed E-state index contributed by atoms with van der Waals surface area (Å²) in [5, 5.41) is 3.12. The number of pyridine rings is 1. The standard InChI is InChI=1S/C18H18N4O3/c1-23-13-5-6-16(24-2)14(10-13)15-8-9-19-18(22-15)21-12-4-7-17(25-3)20-11-12/h4-11H,1-3H3,(H,19,21,22). The third kappa shape index (κ3) is 3.77. The highest BCUT2D eigenvalue weighted by atomic mass is 16.5. The molecule has 7 heteroatoms. The molecule has 2 aromatic heterocycles. The number of ether oxygens (including phenoxy) is 3. The first-order chi connectivity index (χ1) is 12.2. The second-order valence-electron chi connectivity index (χ2n) is 5.05. The average Bonchev–Trinajstić information content (AvgIpc) is 2.68. The van der Waals surface area contributed by atoms with E-state index in [1.807, 2.05) is 30.3 Å². The Bertz CT molecular complexity index is 853. The van der Waals surface area contributed by atoms with Gasteiger partial charge in [-0.25, -0.2) is 15.0 Å². The lowest BCUT2D eigenvalue weighted by Gasteiger charge is -2.11. The molecule has 0 bridgehead atoms. The van der Waals surface area contributed by atoms with Crippen LogP contribution in [0.5, 0.6) is 17.4 Å². The van der Waals surface area contributed by atoms with Gasteiger partial charge >= 0.3 is 0 Å². The lowest BCUT2D eigenvalue weighted by atomic mass is 10.1. The summed E-state index contributed by atoms with van der Waals surface area (Å²) in [4.78, 5) is 12.9. The second kappa shape index (κ2) is 7.48. The summed E-state index contributed by atoms with van der Waals surface area (Å²) in [6.07, 6.45) is 3.33. The van der Waals surface area contributed by atoms with Gasteiger partial charge < -0.3 is 19.5 Å². The van der Waals surface area contributed by atoms with Gasteiger partial charge in [0.05, 0.1) is 38.9 Å². The zero-order chi connectivity index (χ0) is 17.6. The van der Waals surface area contributed by atoms with E-state index in [0.29, 0.717) is 17.6 Å². The van der Waals surface area contributed by atoms with Crippen molar-refractivity contribution in [3.8, 4) is 28.6 Å². The Labute approximate surface area is 145 Å². The molecule has 0 aliphatic heterocycles. The summed E-state index contributed by atoms with van der Waals surface area (Å²) >= 11 is 0. The van der Waals surface area contributed by atoms with Crippen molar-refractivity contribution in [1.29, 1.82) is 0 Å². The number of anilines is 2.